The van der Waals surface area contributed by atoms with Gasteiger partial charge in [0.2, 0.25) is 0 Å². The Bertz CT molecular complexity index is 512. The summed E-state index contributed by atoms with van der Waals surface area (Å²) in [6.07, 6.45) is 1.70. The van der Waals surface area contributed by atoms with Gasteiger partial charge < -0.3 is 5.32 Å². The fourth-order valence-corrected chi connectivity index (χ4v) is 2.07. The molecule has 0 spiro atoms. The molecule has 1 N–H and O–H groups in total. The Labute approximate surface area is 117 Å². The molecule has 1 aromatic rings. The standard InChI is InChI=1S/C16H18F3N/c1-11-4-3-5-15(20-10-12(11)2)13-6-8-14(9-7-13)16(17,18)19/h3-9,11-12,20H,10H2,1-2H3/b4-3-,15-5-. The lowest BCUT2D eigenvalue weighted by molar-refractivity contribution is -0.137. The molecule has 2 rings (SSSR count). The van der Waals surface area contributed by atoms with Crippen molar-refractivity contribution >= 4 is 5.70 Å². The molecule has 0 aromatic heterocycles. The van der Waals surface area contributed by atoms with Crippen LogP contribution < -0.4 is 5.32 Å². The van der Waals surface area contributed by atoms with Crippen LogP contribution in [-0.4, -0.2) is 6.54 Å². The van der Waals surface area contributed by atoms with E-state index in [1.807, 2.05) is 12.2 Å². The van der Waals surface area contributed by atoms with Crippen LogP contribution in [0.3, 0.4) is 0 Å². The molecule has 0 aliphatic carbocycles. The van der Waals surface area contributed by atoms with Gasteiger partial charge in [0.05, 0.1) is 5.56 Å². The van der Waals surface area contributed by atoms with Crippen molar-refractivity contribution < 1.29 is 13.2 Å². The summed E-state index contributed by atoms with van der Waals surface area (Å²) in [4.78, 5) is 0. The van der Waals surface area contributed by atoms with E-state index in [2.05, 4.69) is 25.2 Å². The molecule has 108 valence electrons. The molecular formula is C16H18F3N. The summed E-state index contributed by atoms with van der Waals surface area (Å²) < 4.78 is 37.6. The monoisotopic (exact) mass is 281 g/mol. The number of rotatable bonds is 1. The van der Waals surface area contributed by atoms with E-state index in [0.29, 0.717) is 11.8 Å². The van der Waals surface area contributed by atoms with Gasteiger partial charge in [0, 0.05) is 12.2 Å². The van der Waals surface area contributed by atoms with Crippen LogP contribution in [0, 0.1) is 11.8 Å². The molecule has 4 heteroatoms. The van der Waals surface area contributed by atoms with Gasteiger partial charge in [-0.25, -0.2) is 0 Å². The van der Waals surface area contributed by atoms with Gasteiger partial charge in [0.25, 0.3) is 0 Å². The van der Waals surface area contributed by atoms with Crippen molar-refractivity contribution in [2.75, 3.05) is 6.54 Å². The van der Waals surface area contributed by atoms with Crippen LogP contribution in [0.4, 0.5) is 13.2 Å². The Kier molecular flexibility index (Phi) is 4.21. The summed E-state index contributed by atoms with van der Waals surface area (Å²) in [5.74, 6) is 0.956. The lowest BCUT2D eigenvalue weighted by Gasteiger charge is -2.21. The first-order chi connectivity index (χ1) is 9.38. The third kappa shape index (κ3) is 3.44. The molecule has 0 radical (unpaired) electrons. The van der Waals surface area contributed by atoms with Gasteiger partial charge in [-0.15, -0.1) is 0 Å². The lowest BCUT2D eigenvalue weighted by Crippen LogP contribution is -2.24. The van der Waals surface area contributed by atoms with Crippen molar-refractivity contribution in [3.63, 3.8) is 0 Å². The van der Waals surface area contributed by atoms with Crippen molar-refractivity contribution in [3.05, 3.63) is 53.6 Å². The van der Waals surface area contributed by atoms with Gasteiger partial charge in [-0.3, -0.25) is 0 Å². The second kappa shape index (κ2) is 5.73. The van der Waals surface area contributed by atoms with E-state index in [4.69, 9.17) is 0 Å². The molecular weight excluding hydrogens is 263 g/mol. The fourth-order valence-electron chi connectivity index (χ4n) is 2.07. The minimum absolute atomic E-state index is 0.476. The zero-order chi connectivity index (χ0) is 14.8. The topological polar surface area (TPSA) is 12.0 Å². The number of benzene rings is 1. The van der Waals surface area contributed by atoms with Crippen LogP contribution in [0.25, 0.3) is 5.70 Å². The molecule has 20 heavy (non-hydrogen) atoms. The molecule has 2 atom stereocenters. The SMILES string of the molecule is CC1/C=C\C=C(\c2ccc(C(F)(F)F)cc2)NCC1C. The van der Waals surface area contributed by atoms with Crippen molar-refractivity contribution in [2.45, 2.75) is 20.0 Å². The maximum Gasteiger partial charge on any atom is 0.416 e. The van der Waals surface area contributed by atoms with Gasteiger partial charge in [-0.05, 0) is 35.6 Å². The minimum Gasteiger partial charge on any atom is -0.384 e. The maximum atomic E-state index is 12.5. The second-order valence-corrected chi connectivity index (χ2v) is 5.26. The smallest absolute Gasteiger partial charge is 0.384 e. The van der Waals surface area contributed by atoms with E-state index in [0.717, 1.165) is 29.9 Å². The molecule has 0 saturated heterocycles. The highest BCUT2D eigenvalue weighted by molar-refractivity contribution is 5.65. The molecule has 2 unspecified atom stereocenters. The molecule has 0 amide bonds. The maximum absolute atomic E-state index is 12.5. The van der Waals surface area contributed by atoms with Gasteiger partial charge in [-0.2, -0.15) is 13.2 Å². The summed E-state index contributed by atoms with van der Waals surface area (Å²) >= 11 is 0. The number of allylic oxidation sites excluding steroid dienone is 3. The number of hydrogen-bond acceptors (Lipinski definition) is 1. The Balaban J connectivity index is 2.23. The van der Waals surface area contributed by atoms with Crippen LogP contribution in [0.5, 0.6) is 0 Å². The first-order valence-electron chi connectivity index (χ1n) is 6.68. The Morgan fingerprint density at radius 1 is 1.10 bits per heavy atom. The minimum atomic E-state index is -4.29. The van der Waals surface area contributed by atoms with Gasteiger partial charge >= 0.3 is 6.18 Å². The quantitative estimate of drug-likeness (QED) is 0.800. The van der Waals surface area contributed by atoms with Crippen molar-refractivity contribution in [1.82, 2.24) is 5.32 Å². The summed E-state index contributed by atoms with van der Waals surface area (Å²) in [6.45, 7) is 5.11. The molecule has 1 heterocycles. The van der Waals surface area contributed by atoms with Crippen LogP contribution in [-0.2, 0) is 6.18 Å². The predicted molar refractivity (Wildman–Crippen MR) is 74.9 cm³/mol. The summed E-state index contributed by atoms with van der Waals surface area (Å²) in [5, 5.41) is 3.30. The molecule has 0 fully saturated rings. The van der Waals surface area contributed by atoms with Crippen molar-refractivity contribution in [1.29, 1.82) is 0 Å². The van der Waals surface area contributed by atoms with E-state index >= 15 is 0 Å². The summed E-state index contributed by atoms with van der Waals surface area (Å²) in [5.41, 5.74) is 1.00. The van der Waals surface area contributed by atoms with Crippen LogP contribution >= 0.6 is 0 Å². The highest BCUT2D eigenvalue weighted by Crippen LogP contribution is 2.30. The zero-order valence-electron chi connectivity index (χ0n) is 11.5. The van der Waals surface area contributed by atoms with E-state index < -0.39 is 11.7 Å². The summed E-state index contributed by atoms with van der Waals surface area (Å²) in [7, 11) is 0. The fraction of sp³-hybridized carbons (Fsp3) is 0.375. The molecule has 1 aliphatic heterocycles. The molecule has 0 bridgehead atoms. The van der Waals surface area contributed by atoms with E-state index in [9.17, 15) is 13.2 Å². The average Bonchev–Trinajstić information content (AvgIpc) is 2.39. The van der Waals surface area contributed by atoms with Gasteiger partial charge in [0.15, 0.2) is 0 Å². The third-order valence-corrected chi connectivity index (χ3v) is 3.71. The summed E-state index contributed by atoms with van der Waals surface area (Å²) in [6, 6.07) is 5.25. The first-order valence-corrected chi connectivity index (χ1v) is 6.68. The zero-order valence-corrected chi connectivity index (χ0v) is 11.5. The normalized spacial score (nSPS) is 27.8. The van der Waals surface area contributed by atoms with Crippen LogP contribution in [0.15, 0.2) is 42.5 Å². The second-order valence-electron chi connectivity index (χ2n) is 5.26. The van der Waals surface area contributed by atoms with E-state index in [1.54, 1.807) is 0 Å². The Morgan fingerprint density at radius 2 is 1.75 bits per heavy atom. The van der Waals surface area contributed by atoms with Gasteiger partial charge in [0.1, 0.15) is 0 Å². The van der Waals surface area contributed by atoms with Crippen molar-refractivity contribution in [3.8, 4) is 0 Å². The molecule has 1 nitrogen and oxygen atoms in total. The van der Waals surface area contributed by atoms with E-state index in [-0.39, 0.29) is 0 Å². The number of hydrogen-bond donors (Lipinski definition) is 1. The number of halogens is 3. The third-order valence-electron chi connectivity index (χ3n) is 3.71. The van der Waals surface area contributed by atoms with E-state index in [1.165, 1.54) is 12.1 Å². The molecule has 0 saturated carbocycles. The molecule has 1 aromatic carbocycles. The molecule has 1 aliphatic rings. The number of nitrogens with one attached hydrogen (secondary N) is 1. The average molecular weight is 281 g/mol. The van der Waals surface area contributed by atoms with Gasteiger partial charge in [-0.1, -0.05) is 38.1 Å². The number of alkyl halides is 3. The highest BCUT2D eigenvalue weighted by atomic mass is 19.4. The predicted octanol–water partition coefficient (Wildman–Crippen LogP) is 4.48. The largest absolute Gasteiger partial charge is 0.416 e. The van der Waals surface area contributed by atoms with Crippen molar-refractivity contribution in [2.24, 2.45) is 11.8 Å². The highest BCUT2D eigenvalue weighted by Gasteiger charge is 2.30. The lowest BCUT2D eigenvalue weighted by atomic mass is 9.94. The first kappa shape index (κ1) is 14.7. The Hall–Kier alpha value is -1.71. The van der Waals surface area contributed by atoms with Crippen LogP contribution in [0.1, 0.15) is 25.0 Å². The van der Waals surface area contributed by atoms with Crippen LogP contribution in [0.2, 0.25) is 0 Å². The Morgan fingerprint density at radius 3 is 2.35 bits per heavy atom.